The molecule has 1 amide bonds. The highest BCUT2D eigenvalue weighted by Crippen LogP contribution is 2.35. The Labute approximate surface area is 181 Å². The molecule has 0 radical (unpaired) electrons. The fourth-order valence-electron chi connectivity index (χ4n) is 4.46. The molecule has 162 valence electrons. The Morgan fingerprint density at radius 3 is 2.48 bits per heavy atom. The second-order valence-corrected chi connectivity index (χ2v) is 9.84. The number of fused-ring (bicyclic) bond motifs is 1. The summed E-state index contributed by atoms with van der Waals surface area (Å²) in [6.07, 6.45) is 1.75. The molecule has 0 bridgehead atoms. The van der Waals surface area contributed by atoms with Gasteiger partial charge in [-0.2, -0.15) is 5.26 Å². The van der Waals surface area contributed by atoms with Crippen molar-refractivity contribution in [3.8, 4) is 6.07 Å². The largest absolute Gasteiger partial charge is 0.367 e. The maximum absolute atomic E-state index is 13.9. The van der Waals surface area contributed by atoms with E-state index in [1.165, 1.54) is 16.6 Å². The first kappa shape index (κ1) is 21.1. The number of anilines is 2. The Balaban J connectivity index is 1.49. The summed E-state index contributed by atoms with van der Waals surface area (Å²) < 4.78 is 39.5. The number of halogens is 1. The van der Waals surface area contributed by atoms with Gasteiger partial charge in [0.15, 0.2) is 0 Å². The number of carbonyl (C=O) groups excluding carboxylic acids is 1. The molecule has 0 spiro atoms. The van der Waals surface area contributed by atoms with Gasteiger partial charge in [-0.25, -0.2) is 12.8 Å². The number of sulfonamides is 1. The van der Waals surface area contributed by atoms with E-state index in [0.717, 1.165) is 5.56 Å². The molecule has 1 unspecified atom stereocenters. The molecule has 1 saturated heterocycles. The van der Waals surface area contributed by atoms with E-state index in [2.05, 4.69) is 0 Å². The lowest BCUT2D eigenvalue weighted by Gasteiger charge is -2.36. The molecule has 2 heterocycles. The number of carbonyl (C=O) groups is 1. The lowest BCUT2D eigenvalue weighted by Crippen LogP contribution is -2.49. The van der Waals surface area contributed by atoms with E-state index in [1.807, 2.05) is 17.9 Å². The van der Waals surface area contributed by atoms with E-state index in [-0.39, 0.29) is 17.5 Å². The fraction of sp³-hybridized carbons (Fsp3) is 0.364. The molecule has 0 N–H and O–H groups in total. The molecule has 0 saturated carbocycles. The standard InChI is InChI=1S/C22H23FN4O3S/c1-15-12-17-13-16(6-7-20(17)27(15)31(2,29)30)22(28)26-10-8-25(9-11-26)21-5-3-4-19(23)18(21)14-24/h3-7,13,15H,8-12H2,1-2H3. The summed E-state index contributed by atoms with van der Waals surface area (Å²) in [5, 5.41) is 9.26. The van der Waals surface area contributed by atoms with Crippen molar-refractivity contribution in [3.05, 3.63) is 58.9 Å². The van der Waals surface area contributed by atoms with E-state index in [4.69, 9.17) is 0 Å². The first-order valence-corrected chi connectivity index (χ1v) is 11.9. The van der Waals surface area contributed by atoms with Crippen LogP contribution in [0.25, 0.3) is 0 Å². The Bertz CT molecular complexity index is 1180. The number of nitrogens with zero attached hydrogens (tertiary/aromatic N) is 4. The number of amides is 1. The van der Waals surface area contributed by atoms with Gasteiger partial charge in [0.1, 0.15) is 17.4 Å². The molecule has 9 heteroatoms. The Morgan fingerprint density at radius 2 is 1.84 bits per heavy atom. The monoisotopic (exact) mass is 442 g/mol. The van der Waals surface area contributed by atoms with Crippen molar-refractivity contribution in [2.24, 2.45) is 0 Å². The molecule has 2 aliphatic heterocycles. The van der Waals surface area contributed by atoms with E-state index >= 15 is 0 Å². The van der Waals surface area contributed by atoms with Crippen LogP contribution in [0.2, 0.25) is 0 Å². The SMILES string of the molecule is CC1Cc2cc(C(=O)N3CCN(c4cccc(F)c4C#N)CC3)ccc2N1S(C)(=O)=O. The Hall–Kier alpha value is -3.12. The van der Waals surface area contributed by atoms with Gasteiger partial charge in [-0.05, 0) is 49.2 Å². The van der Waals surface area contributed by atoms with Crippen LogP contribution >= 0.6 is 0 Å². The van der Waals surface area contributed by atoms with E-state index in [9.17, 15) is 22.9 Å². The van der Waals surface area contributed by atoms with Crippen molar-refractivity contribution >= 4 is 27.3 Å². The molecule has 0 aliphatic carbocycles. The van der Waals surface area contributed by atoms with Crippen LogP contribution < -0.4 is 9.21 Å². The van der Waals surface area contributed by atoms with Crippen LogP contribution in [0.1, 0.15) is 28.4 Å². The molecule has 1 atom stereocenters. The molecule has 31 heavy (non-hydrogen) atoms. The maximum Gasteiger partial charge on any atom is 0.253 e. The average Bonchev–Trinajstić information content (AvgIpc) is 3.08. The quantitative estimate of drug-likeness (QED) is 0.729. The van der Waals surface area contributed by atoms with Crippen molar-refractivity contribution in [3.63, 3.8) is 0 Å². The second-order valence-electron chi connectivity index (χ2n) is 7.98. The maximum atomic E-state index is 13.9. The molecule has 4 rings (SSSR count). The minimum atomic E-state index is -3.38. The second kappa shape index (κ2) is 7.85. The molecule has 1 fully saturated rings. The molecule has 2 aromatic carbocycles. The summed E-state index contributed by atoms with van der Waals surface area (Å²) in [5.74, 6) is -0.665. The van der Waals surface area contributed by atoms with Crippen LogP contribution in [0.5, 0.6) is 0 Å². The smallest absolute Gasteiger partial charge is 0.253 e. The summed E-state index contributed by atoms with van der Waals surface area (Å²) in [5.41, 5.74) is 2.57. The third-order valence-corrected chi connectivity index (χ3v) is 7.12. The van der Waals surface area contributed by atoms with Gasteiger partial charge in [0.05, 0.1) is 17.6 Å². The molecular weight excluding hydrogens is 419 g/mol. The molecule has 7 nitrogen and oxygen atoms in total. The predicted octanol–water partition coefficient (Wildman–Crippen LogP) is 2.37. The van der Waals surface area contributed by atoms with Crippen LogP contribution in [0.4, 0.5) is 15.8 Å². The van der Waals surface area contributed by atoms with Gasteiger partial charge in [0, 0.05) is 37.8 Å². The highest BCUT2D eigenvalue weighted by molar-refractivity contribution is 7.92. The van der Waals surface area contributed by atoms with Crippen LogP contribution in [-0.2, 0) is 16.4 Å². The van der Waals surface area contributed by atoms with Crippen molar-refractivity contribution < 1.29 is 17.6 Å². The van der Waals surface area contributed by atoms with Crippen molar-refractivity contribution in [2.45, 2.75) is 19.4 Å². The third kappa shape index (κ3) is 3.83. The topological polar surface area (TPSA) is 84.7 Å². The molecular formula is C22H23FN4O3S. The lowest BCUT2D eigenvalue weighted by molar-refractivity contribution is 0.0746. The van der Waals surface area contributed by atoms with Crippen molar-refractivity contribution in [2.75, 3.05) is 41.6 Å². The fourth-order valence-corrected chi connectivity index (χ4v) is 5.72. The zero-order valence-electron chi connectivity index (χ0n) is 17.4. The predicted molar refractivity (Wildman–Crippen MR) is 116 cm³/mol. The first-order chi connectivity index (χ1) is 14.7. The molecule has 2 aromatic rings. The van der Waals surface area contributed by atoms with Crippen molar-refractivity contribution in [1.29, 1.82) is 5.26 Å². The number of piperazine rings is 1. The van der Waals surface area contributed by atoms with Gasteiger partial charge in [0.25, 0.3) is 5.91 Å². The number of benzene rings is 2. The van der Waals surface area contributed by atoms with Crippen LogP contribution in [0, 0.1) is 17.1 Å². The van der Waals surface area contributed by atoms with Gasteiger partial charge in [-0.1, -0.05) is 6.07 Å². The normalized spacial score (nSPS) is 18.6. The van der Waals surface area contributed by atoms with Crippen LogP contribution in [0.15, 0.2) is 36.4 Å². The molecule has 0 aromatic heterocycles. The highest BCUT2D eigenvalue weighted by atomic mass is 32.2. The minimum Gasteiger partial charge on any atom is -0.367 e. The summed E-state index contributed by atoms with van der Waals surface area (Å²) in [7, 11) is -3.38. The lowest BCUT2D eigenvalue weighted by atomic mass is 10.1. The van der Waals surface area contributed by atoms with Crippen LogP contribution in [0.3, 0.4) is 0 Å². The van der Waals surface area contributed by atoms with Gasteiger partial charge >= 0.3 is 0 Å². The van der Waals surface area contributed by atoms with E-state index in [0.29, 0.717) is 49.5 Å². The summed E-state index contributed by atoms with van der Waals surface area (Å²) in [4.78, 5) is 16.7. The minimum absolute atomic E-state index is 0.0189. The average molecular weight is 443 g/mol. The van der Waals surface area contributed by atoms with Gasteiger partial charge in [0.2, 0.25) is 10.0 Å². The third-order valence-electron chi connectivity index (χ3n) is 5.85. The highest BCUT2D eigenvalue weighted by Gasteiger charge is 2.33. The Morgan fingerprint density at radius 1 is 1.13 bits per heavy atom. The number of hydrogen-bond donors (Lipinski definition) is 0. The summed E-state index contributed by atoms with van der Waals surface area (Å²) >= 11 is 0. The first-order valence-electron chi connectivity index (χ1n) is 10.1. The Kier molecular flexibility index (Phi) is 5.35. The summed E-state index contributed by atoms with van der Waals surface area (Å²) in [6, 6.07) is 11.5. The van der Waals surface area contributed by atoms with Crippen LogP contribution in [-0.4, -0.2) is 57.7 Å². The van der Waals surface area contributed by atoms with Crippen molar-refractivity contribution in [1.82, 2.24) is 4.90 Å². The van der Waals surface area contributed by atoms with E-state index < -0.39 is 15.8 Å². The van der Waals surface area contributed by atoms with E-state index in [1.54, 1.807) is 35.2 Å². The number of hydrogen-bond acceptors (Lipinski definition) is 5. The van der Waals surface area contributed by atoms with Gasteiger partial charge < -0.3 is 9.80 Å². The summed E-state index contributed by atoms with van der Waals surface area (Å²) in [6.45, 7) is 3.73. The molecule has 2 aliphatic rings. The number of nitriles is 1. The zero-order valence-corrected chi connectivity index (χ0v) is 18.2. The van der Waals surface area contributed by atoms with Gasteiger partial charge in [-0.3, -0.25) is 9.10 Å². The zero-order chi connectivity index (χ0) is 22.3. The van der Waals surface area contributed by atoms with Gasteiger partial charge in [-0.15, -0.1) is 0 Å². The number of rotatable bonds is 3.